The van der Waals surface area contributed by atoms with Crippen molar-refractivity contribution in [1.82, 2.24) is 5.32 Å². The van der Waals surface area contributed by atoms with Gasteiger partial charge in [0, 0.05) is 12.5 Å². The zero-order chi connectivity index (χ0) is 15.2. The van der Waals surface area contributed by atoms with Crippen LogP contribution in [0.1, 0.15) is 72.6 Å². The molecule has 0 aromatic rings. The maximum Gasteiger partial charge on any atom is 0.220 e. The molecule has 0 spiro atoms. The highest BCUT2D eigenvalue weighted by Crippen LogP contribution is 2.32. The zero-order valence-corrected chi connectivity index (χ0v) is 13.9. The Balaban J connectivity index is 2.33. The van der Waals surface area contributed by atoms with Crippen LogP contribution in [0, 0.1) is 17.3 Å². The molecule has 1 amide bonds. The molecule has 0 bridgehead atoms. The fourth-order valence-corrected chi connectivity index (χ4v) is 3.42. The molecule has 3 N–H and O–H groups in total. The highest BCUT2D eigenvalue weighted by atomic mass is 16.1. The third kappa shape index (κ3) is 5.82. The maximum atomic E-state index is 12.1. The van der Waals surface area contributed by atoms with Gasteiger partial charge in [0.25, 0.3) is 0 Å². The molecular weight excluding hydrogens is 248 g/mol. The normalized spacial score (nSPS) is 19.9. The molecule has 1 aliphatic rings. The fourth-order valence-electron chi connectivity index (χ4n) is 3.42. The van der Waals surface area contributed by atoms with E-state index < -0.39 is 0 Å². The molecule has 20 heavy (non-hydrogen) atoms. The van der Waals surface area contributed by atoms with E-state index in [0.717, 1.165) is 12.8 Å². The smallest absolute Gasteiger partial charge is 0.220 e. The average molecular weight is 282 g/mol. The Bertz CT molecular complexity index is 290. The van der Waals surface area contributed by atoms with E-state index in [-0.39, 0.29) is 11.3 Å². The van der Waals surface area contributed by atoms with Gasteiger partial charge in [-0.1, -0.05) is 33.6 Å². The van der Waals surface area contributed by atoms with Crippen LogP contribution >= 0.6 is 0 Å². The molecule has 0 saturated heterocycles. The Hall–Kier alpha value is -0.570. The van der Waals surface area contributed by atoms with Gasteiger partial charge in [-0.2, -0.15) is 0 Å². The van der Waals surface area contributed by atoms with E-state index in [0.29, 0.717) is 30.8 Å². The molecule has 3 heteroatoms. The van der Waals surface area contributed by atoms with Crippen molar-refractivity contribution >= 4 is 5.91 Å². The van der Waals surface area contributed by atoms with Gasteiger partial charge in [-0.15, -0.1) is 0 Å². The number of rotatable bonds is 7. The topological polar surface area (TPSA) is 55.1 Å². The summed E-state index contributed by atoms with van der Waals surface area (Å²) in [7, 11) is 0. The van der Waals surface area contributed by atoms with Gasteiger partial charge in [-0.3, -0.25) is 4.79 Å². The lowest BCUT2D eigenvalue weighted by Crippen LogP contribution is -2.37. The molecule has 1 fully saturated rings. The second kappa shape index (κ2) is 8.02. The average Bonchev–Trinajstić information content (AvgIpc) is 2.86. The Labute approximate surface area is 125 Å². The maximum absolute atomic E-state index is 12.1. The Morgan fingerprint density at radius 3 is 2.35 bits per heavy atom. The summed E-state index contributed by atoms with van der Waals surface area (Å²) < 4.78 is 0. The molecule has 3 nitrogen and oxygen atoms in total. The van der Waals surface area contributed by atoms with Crippen LogP contribution in [0.5, 0.6) is 0 Å². The molecule has 1 rings (SSSR count). The van der Waals surface area contributed by atoms with Gasteiger partial charge >= 0.3 is 0 Å². The van der Waals surface area contributed by atoms with Gasteiger partial charge in [-0.25, -0.2) is 0 Å². The minimum absolute atomic E-state index is 0.218. The standard InChI is InChI=1S/C17H34N2O/c1-13(14-7-5-6-8-14)19-16(20)10-9-15(11-12-18)17(2,3)4/h13-15H,5-12,18H2,1-4H3,(H,19,20)/t13-,15?/m0/s1. The molecule has 1 saturated carbocycles. The van der Waals surface area contributed by atoms with E-state index in [9.17, 15) is 4.79 Å². The third-order valence-electron chi connectivity index (χ3n) is 4.96. The predicted octanol–water partition coefficient (Wildman–Crippen LogP) is 3.47. The highest BCUT2D eigenvalue weighted by molar-refractivity contribution is 5.76. The largest absolute Gasteiger partial charge is 0.353 e. The zero-order valence-electron chi connectivity index (χ0n) is 13.9. The first kappa shape index (κ1) is 17.5. The monoisotopic (exact) mass is 282 g/mol. The quantitative estimate of drug-likeness (QED) is 0.751. The lowest BCUT2D eigenvalue weighted by molar-refractivity contribution is -0.122. The number of carbonyl (C=O) groups is 1. The van der Waals surface area contributed by atoms with E-state index in [1.165, 1.54) is 25.7 Å². The summed E-state index contributed by atoms with van der Waals surface area (Å²) in [5.74, 6) is 1.44. The van der Waals surface area contributed by atoms with Crippen LogP contribution in [0.2, 0.25) is 0 Å². The lowest BCUT2D eigenvalue weighted by Gasteiger charge is -2.30. The van der Waals surface area contributed by atoms with Gasteiger partial charge in [-0.05, 0) is 56.4 Å². The Kier molecular flexibility index (Phi) is 7.01. The Morgan fingerprint density at radius 2 is 1.85 bits per heavy atom. The fraction of sp³-hybridized carbons (Fsp3) is 0.941. The highest BCUT2D eigenvalue weighted by Gasteiger charge is 2.26. The summed E-state index contributed by atoms with van der Waals surface area (Å²) in [4.78, 5) is 12.1. The molecule has 0 aromatic carbocycles. The van der Waals surface area contributed by atoms with Crippen molar-refractivity contribution in [3.05, 3.63) is 0 Å². The third-order valence-corrected chi connectivity index (χ3v) is 4.96. The summed E-state index contributed by atoms with van der Waals surface area (Å²) in [5, 5.41) is 3.20. The lowest BCUT2D eigenvalue weighted by atomic mass is 9.76. The van der Waals surface area contributed by atoms with Gasteiger partial charge in [0.15, 0.2) is 0 Å². The van der Waals surface area contributed by atoms with Crippen LogP contribution in [-0.2, 0) is 4.79 Å². The van der Waals surface area contributed by atoms with E-state index in [4.69, 9.17) is 5.73 Å². The summed E-state index contributed by atoms with van der Waals surface area (Å²) in [6, 6.07) is 0.340. The first-order valence-electron chi connectivity index (χ1n) is 8.34. The van der Waals surface area contributed by atoms with Crippen LogP contribution in [0.25, 0.3) is 0 Å². The van der Waals surface area contributed by atoms with Gasteiger partial charge in [0.1, 0.15) is 0 Å². The first-order chi connectivity index (χ1) is 9.34. The number of hydrogen-bond acceptors (Lipinski definition) is 2. The molecule has 0 radical (unpaired) electrons. The van der Waals surface area contributed by atoms with Crippen LogP contribution in [-0.4, -0.2) is 18.5 Å². The minimum atomic E-state index is 0.218. The van der Waals surface area contributed by atoms with Gasteiger partial charge < -0.3 is 11.1 Å². The van der Waals surface area contributed by atoms with Crippen molar-refractivity contribution in [2.24, 2.45) is 23.0 Å². The van der Waals surface area contributed by atoms with Crippen molar-refractivity contribution in [3.8, 4) is 0 Å². The number of nitrogens with two attached hydrogens (primary N) is 1. The van der Waals surface area contributed by atoms with E-state index >= 15 is 0 Å². The molecule has 0 heterocycles. The van der Waals surface area contributed by atoms with Gasteiger partial charge in [0.2, 0.25) is 5.91 Å². The summed E-state index contributed by atoms with van der Waals surface area (Å²) in [6.45, 7) is 9.60. The SMILES string of the molecule is C[C@H](NC(=O)CCC(CCN)C(C)(C)C)C1CCCC1. The molecule has 2 atom stereocenters. The molecule has 0 aliphatic heterocycles. The number of amides is 1. The molecule has 118 valence electrons. The first-order valence-corrected chi connectivity index (χ1v) is 8.34. The summed E-state index contributed by atoms with van der Waals surface area (Å²) in [6.07, 6.45) is 7.80. The number of hydrogen-bond donors (Lipinski definition) is 2. The summed E-state index contributed by atoms with van der Waals surface area (Å²) >= 11 is 0. The molecule has 0 aromatic heterocycles. The molecule has 1 aliphatic carbocycles. The second-order valence-electron chi connectivity index (χ2n) is 7.58. The number of nitrogens with one attached hydrogen (secondary N) is 1. The van der Waals surface area contributed by atoms with Gasteiger partial charge in [0.05, 0.1) is 0 Å². The minimum Gasteiger partial charge on any atom is -0.353 e. The molecule has 1 unspecified atom stereocenters. The van der Waals surface area contributed by atoms with E-state index in [1.54, 1.807) is 0 Å². The Morgan fingerprint density at radius 1 is 1.25 bits per heavy atom. The second-order valence-corrected chi connectivity index (χ2v) is 7.58. The van der Waals surface area contributed by atoms with Crippen molar-refractivity contribution in [1.29, 1.82) is 0 Å². The molecular formula is C17H34N2O. The summed E-state index contributed by atoms with van der Waals surface area (Å²) in [5.41, 5.74) is 5.93. The van der Waals surface area contributed by atoms with Crippen molar-refractivity contribution in [2.75, 3.05) is 6.54 Å². The van der Waals surface area contributed by atoms with Crippen molar-refractivity contribution < 1.29 is 4.79 Å². The van der Waals surface area contributed by atoms with Crippen LogP contribution in [0.3, 0.4) is 0 Å². The van der Waals surface area contributed by atoms with Crippen molar-refractivity contribution in [2.45, 2.75) is 78.7 Å². The van der Waals surface area contributed by atoms with E-state index in [1.807, 2.05) is 0 Å². The number of carbonyl (C=O) groups excluding carboxylic acids is 1. The van der Waals surface area contributed by atoms with Crippen LogP contribution in [0.4, 0.5) is 0 Å². The van der Waals surface area contributed by atoms with Crippen LogP contribution in [0.15, 0.2) is 0 Å². The van der Waals surface area contributed by atoms with Crippen molar-refractivity contribution in [3.63, 3.8) is 0 Å². The predicted molar refractivity (Wildman–Crippen MR) is 85.4 cm³/mol. The van der Waals surface area contributed by atoms with E-state index in [2.05, 4.69) is 33.0 Å². The van der Waals surface area contributed by atoms with Crippen LogP contribution < -0.4 is 11.1 Å².